The molecule has 1 heterocycles. The minimum atomic E-state index is -1.42. The topological polar surface area (TPSA) is 222 Å². The number of carbonyl (C=O) groups excluding carboxylic acids is 4. The van der Waals surface area contributed by atoms with Crippen LogP contribution in [0.15, 0.2) is 12.5 Å². The highest BCUT2D eigenvalue weighted by molar-refractivity contribution is 5.96. The number of aromatic amines is 1. The van der Waals surface area contributed by atoms with Crippen LogP contribution in [-0.2, 0) is 30.4 Å². The Hall–Kier alpha value is -3.48. The fraction of sp³-hybridized carbons (Fsp3) is 0.619. The molecule has 1 rings (SSSR count). The highest BCUT2D eigenvalue weighted by atomic mass is 16.4. The summed E-state index contributed by atoms with van der Waals surface area (Å²) in [6.07, 6.45) is 2.74. The minimum absolute atomic E-state index is 0.0305. The molecule has 0 aliphatic rings. The number of primary amides is 1. The van der Waals surface area contributed by atoms with Crippen LogP contribution in [-0.4, -0.2) is 68.8 Å². The predicted molar refractivity (Wildman–Crippen MR) is 122 cm³/mol. The summed E-state index contributed by atoms with van der Waals surface area (Å²) in [6, 6.07) is -4.67. The van der Waals surface area contributed by atoms with Crippen molar-refractivity contribution in [2.45, 2.75) is 71.1 Å². The lowest BCUT2D eigenvalue weighted by Crippen LogP contribution is -2.59. The fourth-order valence-electron chi connectivity index (χ4n) is 3.16. The maximum Gasteiger partial charge on any atom is 0.326 e. The summed E-state index contributed by atoms with van der Waals surface area (Å²) in [5.41, 5.74) is 11.8. The number of hydrogen-bond acceptors (Lipinski definition) is 7. The van der Waals surface area contributed by atoms with Gasteiger partial charge in [-0.15, -0.1) is 0 Å². The molecule has 0 fully saturated rings. The molecular formula is C21H35N7O6. The van der Waals surface area contributed by atoms with E-state index in [1.165, 1.54) is 12.5 Å². The molecule has 0 radical (unpaired) electrons. The molecule has 1 aromatic heterocycles. The van der Waals surface area contributed by atoms with Crippen LogP contribution in [0, 0.1) is 11.8 Å². The number of hydrogen-bond donors (Lipinski definition) is 7. The molecule has 0 saturated carbocycles. The molecule has 0 aliphatic heterocycles. The highest BCUT2D eigenvalue weighted by Gasteiger charge is 2.32. The summed E-state index contributed by atoms with van der Waals surface area (Å²) in [6.45, 7) is 6.93. The highest BCUT2D eigenvalue weighted by Crippen LogP contribution is 2.08. The Morgan fingerprint density at radius 3 is 2.09 bits per heavy atom. The quantitative estimate of drug-likeness (QED) is 0.163. The molecule has 13 heteroatoms. The summed E-state index contributed by atoms with van der Waals surface area (Å²) in [5.74, 6) is -4.75. The molecule has 34 heavy (non-hydrogen) atoms. The van der Waals surface area contributed by atoms with Crippen LogP contribution in [0.25, 0.3) is 0 Å². The molecular weight excluding hydrogens is 446 g/mol. The number of aromatic nitrogens is 2. The predicted octanol–water partition coefficient (Wildman–Crippen LogP) is -1.60. The first-order chi connectivity index (χ1) is 15.8. The maximum atomic E-state index is 12.9. The van der Waals surface area contributed by atoms with E-state index in [-0.39, 0.29) is 18.8 Å². The smallest absolute Gasteiger partial charge is 0.326 e. The summed E-state index contributed by atoms with van der Waals surface area (Å²) in [5, 5.41) is 16.7. The van der Waals surface area contributed by atoms with Crippen molar-refractivity contribution in [1.82, 2.24) is 25.9 Å². The summed E-state index contributed by atoms with van der Waals surface area (Å²) >= 11 is 0. The van der Waals surface area contributed by atoms with Gasteiger partial charge in [-0.05, 0) is 18.3 Å². The van der Waals surface area contributed by atoms with Gasteiger partial charge < -0.3 is 37.5 Å². The third-order valence-electron chi connectivity index (χ3n) is 4.94. The summed E-state index contributed by atoms with van der Waals surface area (Å²) in [4.78, 5) is 67.8. The Morgan fingerprint density at radius 2 is 1.62 bits per heavy atom. The number of H-pyrrole nitrogens is 1. The van der Waals surface area contributed by atoms with E-state index in [1.807, 2.05) is 0 Å². The molecule has 1 aromatic rings. The van der Waals surface area contributed by atoms with Crippen molar-refractivity contribution in [2.75, 3.05) is 0 Å². The van der Waals surface area contributed by atoms with Crippen molar-refractivity contribution in [2.24, 2.45) is 23.3 Å². The maximum absolute atomic E-state index is 12.9. The number of imidazole rings is 1. The molecule has 0 bridgehead atoms. The molecule has 13 nitrogen and oxygen atoms in total. The Morgan fingerprint density at radius 1 is 1.00 bits per heavy atom. The monoisotopic (exact) mass is 481 g/mol. The molecule has 190 valence electrons. The van der Waals surface area contributed by atoms with Gasteiger partial charge in [0.25, 0.3) is 0 Å². The zero-order valence-corrected chi connectivity index (χ0v) is 19.8. The van der Waals surface area contributed by atoms with Crippen LogP contribution in [0.3, 0.4) is 0 Å². The lowest BCUT2D eigenvalue weighted by atomic mass is 10.0. The van der Waals surface area contributed by atoms with E-state index in [0.717, 1.165) is 0 Å². The van der Waals surface area contributed by atoms with Gasteiger partial charge in [-0.1, -0.05) is 27.7 Å². The van der Waals surface area contributed by atoms with E-state index >= 15 is 0 Å². The largest absolute Gasteiger partial charge is 0.480 e. The van der Waals surface area contributed by atoms with E-state index in [1.54, 1.807) is 27.7 Å². The lowest BCUT2D eigenvalue weighted by Gasteiger charge is -2.26. The zero-order chi connectivity index (χ0) is 26.0. The first-order valence-corrected chi connectivity index (χ1v) is 11.0. The molecule has 4 amide bonds. The molecule has 0 saturated heterocycles. The second-order valence-corrected chi connectivity index (χ2v) is 8.88. The average Bonchev–Trinajstić information content (AvgIpc) is 3.22. The standard InChI is InChI=1S/C21H35N7O6/c1-10(2)5-15(21(33)34)27-19(31)14(7-16(23)29)26-20(32)17(11(3)4)28-18(30)13(22)6-12-8-24-9-25-12/h8-11,13-15,17H,5-7,22H2,1-4H3,(H2,23,29)(H,24,25)(H,26,32)(H,27,31)(H,28,30)(H,33,34). The van der Waals surface area contributed by atoms with Gasteiger partial charge in [0.05, 0.1) is 18.8 Å². The zero-order valence-electron chi connectivity index (χ0n) is 19.8. The SMILES string of the molecule is CC(C)CC(NC(=O)C(CC(N)=O)NC(=O)C(NC(=O)C(N)Cc1cnc[nH]1)C(C)C)C(=O)O. The Labute approximate surface area is 197 Å². The Kier molecular flexibility index (Phi) is 11.2. The normalized spacial score (nSPS) is 14.7. The molecule has 0 spiro atoms. The van der Waals surface area contributed by atoms with Crippen molar-refractivity contribution < 1.29 is 29.1 Å². The third-order valence-corrected chi connectivity index (χ3v) is 4.94. The number of nitrogens with zero attached hydrogens (tertiary/aromatic N) is 1. The number of carboxylic acid groups (broad SMARTS) is 1. The Bertz CT molecular complexity index is 856. The Balaban J connectivity index is 2.91. The van der Waals surface area contributed by atoms with Gasteiger partial charge in [0.15, 0.2) is 0 Å². The molecule has 4 atom stereocenters. The number of rotatable bonds is 14. The van der Waals surface area contributed by atoms with E-state index in [9.17, 15) is 29.1 Å². The van der Waals surface area contributed by atoms with Crippen LogP contribution in [0.4, 0.5) is 0 Å². The van der Waals surface area contributed by atoms with Crippen molar-refractivity contribution in [3.8, 4) is 0 Å². The molecule has 9 N–H and O–H groups in total. The van der Waals surface area contributed by atoms with E-state index in [2.05, 4.69) is 25.9 Å². The van der Waals surface area contributed by atoms with E-state index in [0.29, 0.717) is 5.69 Å². The second kappa shape index (κ2) is 13.3. The number of carbonyl (C=O) groups is 5. The van der Waals surface area contributed by atoms with Gasteiger partial charge >= 0.3 is 5.97 Å². The molecule has 4 unspecified atom stereocenters. The van der Waals surface area contributed by atoms with Crippen LogP contribution in [0.5, 0.6) is 0 Å². The first kappa shape index (κ1) is 28.6. The first-order valence-electron chi connectivity index (χ1n) is 11.0. The van der Waals surface area contributed by atoms with Gasteiger partial charge in [0.2, 0.25) is 23.6 Å². The number of aliphatic carboxylic acids is 1. The van der Waals surface area contributed by atoms with Crippen molar-refractivity contribution in [1.29, 1.82) is 0 Å². The summed E-state index contributed by atoms with van der Waals surface area (Å²) in [7, 11) is 0. The van der Waals surface area contributed by atoms with E-state index < -0.39 is 66.1 Å². The van der Waals surface area contributed by atoms with Gasteiger partial charge in [0.1, 0.15) is 18.1 Å². The number of amides is 4. The van der Waals surface area contributed by atoms with Gasteiger partial charge in [-0.2, -0.15) is 0 Å². The van der Waals surface area contributed by atoms with Gasteiger partial charge in [-0.3, -0.25) is 19.2 Å². The van der Waals surface area contributed by atoms with Crippen LogP contribution < -0.4 is 27.4 Å². The van der Waals surface area contributed by atoms with Crippen LogP contribution >= 0.6 is 0 Å². The van der Waals surface area contributed by atoms with Gasteiger partial charge in [-0.25, -0.2) is 9.78 Å². The average molecular weight is 482 g/mol. The van der Waals surface area contributed by atoms with Crippen LogP contribution in [0.1, 0.15) is 46.2 Å². The van der Waals surface area contributed by atoms with Crippen molar-refractivity contribution >= 4 is 29.6 Å². The molecule has 0 aromatic carbocycles. The van der Waals surface area contributed by atoms with Crippen molar-refractivity contribution in [3.05, 3.63) is 18.2 Å². The summed E-state index contributed by atoms with van der Waals surface area (Å²) < 4.78 is 0. The van der Waals surface area contributed by atoms with E-state index in [4.69, 9.17) is 11.5 Å². The third kappa shape index (κ3) is 9.57. The lowest BCUT2D eigenvalue weighted by molar-refractivity contribution is -0.143. The fourth-order valence-corrected chi connectivity index (χ4v) is 3.16. The van der Waals surface area contributed by atoms with Crippen molar-refractivity contribution in [3.63, 3.8) is 0 Å². The minimum Gasteiger partial charge on any atom is -0.480 e. The number of carboxylic acids is 1. The number of nitrogens with two attached hydrogens (primary N) is 2. The van der Waals surface area contributed by atoms with Gasteiger partial charge in [0, 0.05) is 18.3 Å². The molecule has 0 aliphatic carbocycles. The van der Waals surface area contributed by atoms with Crippen LogP contribution in [0.2, 0.25) is 0 Å². The number of nitrogens with one attached hydrogen (secondary N) is 4. The second-order valence-electron chi connectivity index (χ2n) is 8.88.